The van der Waals surface area contributed by atoms with E-state index in [0.717, 1.165) is 35.6 Å². The number of likely N-dealkylation sites (tertiary alicyclic amines) is 1. The van der Waals surface area contributed by atoms with Gasteiger partial charge in [-0.3, -0.25) is 10.1 Å². The van der Waals surface area contributed by atoms with Crippen LogP contribution in [0.4, 0.5) is 0 Å². The number of rotatable bonds is 6. The Hall–Kier alpha value is -2.53. The zero-order valence-corrected chi connectivity index (χ0v) is 14.9. The van der Waals surface area contributed by atoms with E-state index in [4.69, 9.17) is 9.47 Å². The molecule has 2 aromatic rings. The average Bonchev–Trinajstić information content (AvgIpc) is 2.98. The highest BCUT2D eigenvalue weighted by Crippen LogP contribution is 2.29. The van der Waals surface area contributed by atoms with Crippen LogP contribution < -0.4 is 14.8 Å². The molecular formula is C20H24N2O3. The second-order valence-electron chi connectivity index (χ2n) is 6.25. The molecule has 0 radical (unpaired) electrons. The van der Waals surface area contributed by atoms with Gasteiger partial charge in [0.05, 0.1) is 26.3 Å². The number of methoxy groups -OCH3 is 2. The smallest absolute Gasteiger partial charge is 0.239 e. The zero-order chi connectivity index (χ0) is 17.8. The van der Waals surface area contributed by atoms with E-state index in [0.29, 0.717) is 0 Å². The molecule has 0 aromatic heterocycles. The van der Waals surface area contributed by atoms with Gasteiger partial charge in [-0.25, -0.2) is 0 Å². The Labute approximate surface area is 148 Å². The van der Waals surface area contributed by atoms with Crippen molar-refractivity contribution >= 4 is 5.91 Å². The first-order valence-electron chi connectivity index (χ1n) is 8.41. The highest BCUT2D eigenvalue weighted by Gasteiger charge is 2.31. The number of carbonyl (C=O) groups is 1. The third-order valence-corrected chi connectivity index (χ3v) is 4.65. The normalized spacial score (nSPS) is 17.2. The first-order chi connectivity index (χ1) is 12.1. The minimum Gasteiger partial charge on any atom is -0.497 e. The van der Waals surface area contributed by atoms with Gasteiger partial charge in [-0.15, -0.1) is 0 Å². The molecule has 132 valence electrons. The van der Waals surface area contributed by atoms with Crippen LogP contribution in [0.15, 0.2) is 48.5 Å². The minimum atomic E-state index is -0.188. The van der Waals surface area contributed by atoms with E-state index >= 15 is 0 Å². The van der Waals surface area contributed by atoms with Crippen molar-refractivity contribution in [3.05, 3.63) is 59.7 Å². The van der Waals surface area contributed by atoms with Crippen molar-refractivity contribution in [1.29, 1.82) is 0 Å². The molecular weight excluding hydrogens is 316 g/mol. The maximum absolute atomic E-state index is 12.4. The third-order valence-electron chi connectivity index (χ3n) is 4.65. The van der Waals surface area contributed by atoms with Crippen molar-refractivity contribution in [1.82, 2.24) is 10.2 Å². The number of likely N-dealkylation sites (N-methyl/N-ethyl adjacent to an activating group) is 1. The Kier molecular flexibility index (Phi) is 5.24. The maximum Gasteiger partial charge on any atom is 0.239 e. The molecule has 5 heteroatoms. The number of hydrogen-bond acceptors (Lipinski definition) is 4. The number of hydrogen-bond donors (Lipinski definition) is 1. The summed E-state index contributed by atoms with van der Waals surface area (Å²) in [7, 11) is 5.15. The van der Waals surface area contributed by atoms with E-state index in [9.17, 15) is 4.79 Å². The largest absolute Gasteiger partial charge is 0.497 e. The summed E-state index contributed by atoms with van der Waals surface area (Å²) >= 11 is 0. The lowest BCUT2D eigenvalue weighted by Gasteiger charge is -2.24. The SMILES string of the molecule is COc1cccc(C(NC2CCN(C)C2=O)c2cccc(OC)c2)c1. The first kappa shape index (κ1) is 17.3. The molecule has 25 heavy (non-hydrogen) atoms. The highest BCUT2D eigenvalue weighted by atomic mass is 16.5. The molecule has 0 spiro atoms. The molecule has 5 nitrogen and oxygen atoms in total. The van der Waals surface area contributed by atoms with Gasteiger partial charge in [0, 0.05) is 13.6 Å². The monoisotopic (exact) mass is 340 g/mol. The van der Waals surface area contributed by atoms with Crippen LogP contribution in [0.1, 0.15) is 23.6 Å². The number of amides is 1. The Morgan fingerprint density at radius 3 is 2.04 bits per heavy atom. The molecule has 1 saturated heterocycles. The molecule has 1 heterocycles. The van der Waals surface area contributed by atoms with Crippen molar-refractivity contribution in [2.75, 3.05) is 27.8 Å². The zero-order valence-electron chi connectivity index (χ0n) is 14.9. The average molecular weight is 340 g/mol. The maximum atomic E-state index is 12.4. The molecule has 1 fully saturated rings. The quantitative estimate of drug-likeness (QED) is 0.878. The van der Waals surface area contributed by atoms with Gasteiger partial charge in [0.25, 0.3) is 0 Å². The Balaban J connectivity index is 1.96. The molecule has 1 unspecified atom stereocenters. The summed E-state index contributed by atoms with van der Waals surface area (Å²) in [6.45, 7) is 0.777. The van der Waals surface area contributed by atoms with Crippen LogP contribution >= 0.6 is 0 Å². The summed E-state index contributed by atoms with van der Waals surface area (Å²) in [6, 6.07) is 15.5. The number of nitrogens with one attached hydrogen (secondary N) is 1. The molecule has 0 saturated carbocycles. The number of nitrogens with zero attached hydrogens (tertiary/aromatic N) is 1. The summed E-state index contributed by atoms with van der Waals surface area (Å²) in [6.07, 6.45) is 0.805. The van der Waals surface area contributed by atoms with Crippen LogP contribution in [0, 0.1) is 0 Å². The number of benzene rings is 2. The van der Waals surface area contributed by atoms with Crippen LogP contribution in [-0.4, -0.2) is 44.7 Å². The van der Waals surface area contributed by atoms with Crippen LogP contribution in [0.5, 0.6) is 11.5 Å². The van der Waals surface area contributed by atoms with Gasteiger partial charge in [0.1, 0.15) is 11.5 Å². The summed E-state index contributed by atoms with van der Waals surface area (Å²) < 4.78 is 10.7. The van der Waals surface area contributed by atoms with E-state index < -0.39 is 0 Å². The summed E-state index contributed by atoms with van der Waals surface area (Å²) in [5.41, 5.74) is 2.10. The van der Waals surface area contributed by atoms with E-state index in [-0.39, 0.29) is 18.0 Å². The molecule has 1 aliphatic heterocycles. The van der Waals surface area contributed by atoms with Crippen molar-refractivity contribution in [3.8, 4) is 11.5 Å². The summed E-state index contributed by atoms with van der Waals surface area (Å²) in [4.78, 5) is 14.1. The Morgan fingerprint density at radius 1 is 1.04 bits per heavy atom. The molecule has 2 aromatic carbocycles. The van der Waals surface area contributed by atoms with Crippen molar-refractivity contribution < 1.29 is 14.3 Å². The van der Waals surface area contributed by atoms with Crippen molar-refractivity contribution in [2.45, 2.75) is 18.5 Å². The van der Waals surface area contributed by atoms with Gasteiger partial charge < -0.3 is 14.4 Å². The topological polar surface area (TPSA) is 50.8 Å². The van der Waals surface area contributed by atoms with Gasteiger partial charge >= 0.3 is 0 Å². The van der Waals surface area contributed by atoms with Crippen LogP contribution in [0.2, 0.25) is 0 Å². The lowest BCUT2D eigenvalue weighted by molar-refractivity contribution is -0.128. The molecule has 1 N–H and O–H groups in total. The van der Waals surface area contributed by atoms with Crippen molar-refractivity contribution in [3.63, 3.8) is 0 Å². The van der Waals surface area contributed by atoms with E-state index in [1.807, 2.05) is 55.6 Å². The van der Waals surface area contributed by atoms with Crippen LogP contribution in [0.3, 0.4) is 0 Å². The fourth-order valence-corrected chi connectivity index (χ4v) is 3.21. The highest BCUT2D eigenvalue weighted by molar-refractivity contribution is 5.83. The Bertz CT molecular complexity index is 700. The van der Waals surface area contributed by atoms with Gasteiger partial charge in [0.2, 0.25) is 5.91 Å². The lowest BCUT2D eigenvalue weighted by atomic mass is 9.97. The molecule has 3 rings (SSSR count). The second-order valence-corrected chi connectivity index (χ2v) is 6.25. The van der Waals surface area contributed by atoms with Gasteiger partial charge in [0.15, 0.2) is 0 Å². The van der Waals surface area contributed by atoms with E-state index in [1.165, 1.54) is 0 Å². The summed E-state index contributed by atoms with van der Waals surface area (Å²) in [5, 5.41) is 3.53. The predicted octanol–water partition coefficient (Wildman–Crippen LogP) is 2.61. The number of carbonyl (C=O) groups excluding carboxylic acids is 1. The molecule has 0 aliphatic carbocycles. The minimum absolute atomic E-state index is 0.120. The van der Waals surface area contributed by atoms with E-state index in [2.05, 4.69) is 5.32 Å². The summed E-state index contributed by atoms with van der Waals surface area (Å²) in [5.74, 6) is 1.72. The third kappa shape index (κ3) is 3.77. The number of ether oxygens (including phenoxy) is 2. The van der Waals surface area contributed by atoms with Crippen molar-refractivity contribution in [2.24, 2.45) is 0 Å². The Morgan fingerprint density at radius 2 is 1.60 bits per heavy atom. The second kappa shape index (κ2) is 7.57. The molecule has 1 aliphatic rings. The molecule has 0 bridgehead atoms. The van der Waals surface area contributed by atoms with Gasteiger partial charge in [-0.2, -0.15) is 0 Å². The molecule has 1 amide bonds. The standard InChI is InChI=1S/C20H24N2O3/c1-22-11-10-18(20(22)23)21-19(14-6-4-8-16(12-14)24-2)15-7-5-9-17(13-15)25-3/h4-9,12-13,18-19,21H,10-11H2,1-3H3. The van der Waals surface area contributed by atoms with Gasteiger partial charge in [-0.05, 0) is 41.8 Å². The van der Waals surface area contributed by atoms with Gasteiger partial charge in [-0.1, -0.05) is 24.3 Å². The predicted molar refractivity (Wildman–Crippen MR) is 97.0 cm³/mol. The first-order valence-corrected chi connectivity index (χ1v) is 8.41. The molecule has 1 atom stereocenters. The van der Waals surface area contributed by atoms with Crippen LogP contribution in [0.25, 0.3) is 0 Å². The fourth-order valence-electron chi connectivity index (χ4n) is 3.21. The van der Waals surface area contributed by atoms with E-state index in [1.54, 1.807) is 19.1 Å². The van der Waals surface area contributed by atoms with Crippen LogP contribution in [-0.2, 0) is 4.79 Å². The lowest BCUT2D eigenvalue weighted by Crippen LogP contribution is -2.39. The fraction of sp³-hybridized carbons (Fsp3) is 0.350.